The van der Waals surface area contributed by atoms with Crippen molar-refractivity contribution in [3.63, 3.8) is 0 Å². The van der Waals surface area contributed by atoms with Gasteiger partial charge in [-0.2, -0.15) is 0 Å². The Kier molecular flexibility index (Phi) is 3.87. The lowest BCUT2D eigenvalue weighted by Gasteiger charge is -2.04. The van der Waals surface area contributed by atoms with Gasteiger partial charge in [-0.1, -0.05) is 23.9 Å². The SMILES string of the molecule is O=[N+]([O-])c1ccc(Sc2nc3ccccc3s2)c(CO)c1. The molecule has 0 bridgehead atoms. The number of rotatable bonds is 4. The molecule has 21 heavy (non-hydrogen) atoms. The zero-order valence-electron chi connectivity index (χ0n) is 10.7. The maximum absolute atomic E-state index is 10.8. The van der Waals surface area contributed by atoms with Crippen LogP contribution in [0.5, 0.6) is 0 Å². The second kappa shape index (κ2) is 5.80. The summed E-state index contributed by atoms with van der Waals surface area (Å²) in [5.74, 6) is 0. The summed E-state index contributed by atoms with van der Waals surface area (Å²) < 4.78 is 1.94. The van der Waals surface area contributed by atoms with Crippen molar-refractivity contribution >= 4 is 39.0 Å². The maximum atomic E-state index is 10.8. The second-order valence-electron chi connectivity index (χ2n) is 4.26. The monoisotopic (exact) mass is 318 g/mol. The van der Waals surface area contributed by atoms with Crippen LogP contribution in [0.15, 0.2) is 51.7 Å². The Morgan fingerprint density at radius 1 is 1.29 bits per heavy atom. The minimum absolute atomic E-state index is 0.0206. The number of nitro benzene ring substituents is 1. The molecule has 5 nitrogen and oxygen atoms in total. The van der Waals surface area contributed by atoms with Crippen molar-refractivity contribution in [2.24, 2.45) is 0 Å². The molecule has 0 atom stereocenters. The Balaban J connectivity index is 1.95. The van der Waals surface area contributed by atoms with Crippen LogP contribution in [-0.2, 0) is 6.61 Å². The number of hydrogen-bond acceptors (Lipinski definition) is 6. The van der Waals surface area contributed by atoms with Gasteiger partial charge in [0.25, 0.3) is 5.69 Å². The van der Waals surface area contributed by atoms with Crippen molar-refractivity contribution in [1.29, 1.82) is 0 Å². The molecule has 0 aliphatic carbocycles. The minimum atomic E-state index is -0.467. The van der Waals surface area contributed by atoms with Crippen molar-refractivity contribution in [3.8, 4) is 0 Å². The number of fused-ring (bicyclic) bond motifs is 1. The first-order valence-electron chi connectivity index (χ1n) is 6.09. The fourth-order valence-corrected chi connectivity index (χ4v) is 4.02. The molecule has 7 heteroatoms. The van der Waals surface area contributed by atoms with Gasteiger partial charge in [0, 0.05) is 17.0 Å². The number of aliphatic hydroxyl groups is 1. The normalized spacial score (nSPS) is 10.9. The Hall–Kier alpha value is -1.96. The predicted molar refractivity (Wildman–Crippen MR) is 82.8 cm³/mol. The number of para-hydroxylation sites is 1. The molecule has 0 amide bonds. The van der Waals surface area contributed by atoms with E-state index in [9.17, 15) is 15.2 Å². The van der Waals surface area contributed by atoms with Crippen LogP contribution in [0.2, 0.25) is 0 Å². The molecule has 1 aromatic heterocycles. The van der Waals surface area contributed by atoms with Gasteiger partial charge in [-0.3, -0.25) is 10.1 Å². The zero-order chi connectivity index (χ0) is 14.8. The molecular formula is C14H10N2O3S2. The van der Waals surface area contributed by atoms with E-state index in [-0.39, 0.29) is 12.3 Å². The van der Waals surface area contributed by atoms with Crippen LogP contribution in [0.3, 0.4) is 0 Å². The van der Waals surface area contributed by atoms with E-state index in [1.54, 1.807) is 17.4 Å². The largest absolute Gasteiger partial charge is 0.392 e. The summed E-state index contributed by atoms with van der Waals surface area (Å²) in [7, 11) is 0. The third-order valence-electron chi connectivity index (χ3n) is 2.90. The Bertz CT molecular complexity index is 784. The summed E-state index contributed by atoms with van der Waals surface area (Å²) in [4.78, 5) is 15.6. The van der Waals surface area contributed by atoms with Gasteiger partial charge in [0.15, 0.2) is 4.34 Å². The fourth-order valence-electron chi connectivity index (χ4n) is 1.89. The van der Waals surface area contributed by atoms with E-state index in [2.05, 4.69) is 4.98 Å². The van der Waals surface area contributed by atoms with Crippen LogP contribution in [0.1, 0.15) is 5.56 Å². The molecule has 0 radical (unpaired) electrons. The second-order valence-corrected chi connectivity index (χ2v) is 6.58. The summed E-state index contributed by atoms with van der Waals surface area (Å²) in [6, 6.07) is 12.3. The van der Waals surface area contributed by atoms with E-state index in [0.717, 1.165) is 19.5 Å². The standard InChI is InChI=1S/C14H10N2O3S2/c17-8-9-7-10(16(18)19)5-6-12(9)20-14-15-11-3-1-2-4-13(11)21-14/h1-7,17H,8H2. The van der Waals surface area contributed by atoms with Gasteiger partial charge in [-0.05, 0) is 23.8 Å². The molecule has 0 fully saturated rings. The van der Waals surface area contributed by atoms with Crippen molar-refractivity contribution in [2.45, 2.75) is 15.8 Å². The Labute approximate surface area is 128 Å². The van der Waals surface area contributed by atoms with Crippen molar-refractivity contribution in [3.05, 3.63) is 58.1 Å². The van der Waals surface area contributed by atoms with Gasteiger partial charge in [-0.15, -0.1) is 11.3 Å². The first-order chi connectivity index (χ1) is 10.2. The molecule has 1 N–H and O–H groups in total. The van der Waals surface area contributed by atoms with E-state index in [4.69, 9.17) is 0 Å². The molecule has 106 valence electrons. The fraction of sp³-hybridized carbons (Fsp3) is 0.0714. The molecule has 0 saturated heterocycles. The smallest absolute Gasteiger partial charge is 0.269 e. The van der Waals surface area contributed by atoms with Crippen LogP contribution in [0, 0.1) is 10.1 Å². The van der Waals surface area contributed by atoms with Gasteiger partial charge in [0.05, 0.1) is 21.7 Å². The third kappa shape index (κ3) is 2.90. The van der Waals surface area contributed by atoms with E-state index < -0.39 is 4.92 Å². The van der Waals surface area contributed by atoms with E-state index in [1.807, 2.05) is 24.3 Å². The highest BCUT2D eigenvalue weighted by Crippen LogP contribution is 2.36. The molecule has 0 aliphatic heterocycles. The van der Waals surface area contributed by atoms with Crippen LogP contribution >= 0.6 is 23.1 Å². The van der Waals surface area contributed by atoms with Crippen molar-refractivity contribution in [1.82, 2.24) is 4.98 Å². The number of non-ortho nitro benzene ring substituents is 1. The minimum Gasteiger partial charge on any atom is -0.392 e. The quantitative estimate of drug-likeness (QED) is 0.584. The highest BCUT2D eigenvalue weighted by Gasteiger charge is 2.13. The molecule has 0 spiro atoms. The van der Waals surface area contributed by atoms with E-state index in [0.29, 0.717) is 5.56 Å². The lowest BCUT2D eigenvalue weighted by molar-refractivity contribution is -0.385. The lowest BCUT2D eigenvalue weighted by Crippen LogP contribution is -1.93. The van der Waals surface area contributed by atoms with E-state index in [1.165, 1.54) is 23.9 Å². The predicted octanol–water partition coefficient (Wildman–Crippen LogP) is 3.85. The highest BCUT2D eigenvalue weighted by atomic mass is 32.2. The number of hydrogen-bond donors (Lipinski definition) is 1. The Morgan fingerprint density at radius 2 is 2.10 bits per heavy atom. The molecule has 0 unspecified atom stereocenters. The first kappa shape index (κ1) is 14.0. The zero-order valence-corrected chi connectivity index (χ0v) is 12.4. The molecule has 0 saturated carbocycles. The van der Waals surface area contributed by atoms with Gasteiger partial charge >= 0.3 is 0 Å². The number of nitrogens with zero attached hydrogens (tertiary/aromatic N) is 2. The van der Waals surface area contributed by atoms with Gasteiger partial charge < -0.3 is 5.11 Å². The van der Waals surface area contributed by atoms with Crippen LogP contribution in [0.25, 0.3) is 10.2 Å². The summed E-state index contributed by atoms with van der Waals surface area (Å²) in [6.07, 6.45) is 0. The Morgan fingerprint density at radius 3 is 2.81 bits per heavy atom. The number of aliphatic hydroxyl groups excluding tert-OH is 1. The van der Waals surface area contributed by atoms with Gasteiger partial charge in [-0.25, -0.2) is 4.98 Å². The van der Waals surface area contributed by atoms with Gasteiger partial charge in [0.1, 0.15) is 0 Å². The average Bonchev–Trinajstić information content (AvgIpc) is 2.89. The van der Waals surface area contributed by atoms with Crippen LogP contribution < -0.4 is 0 Å². The number of nitro groups is 1. The number of benzene rings is 2. The summed E-state index contributed by atoms with van der Waals surface area (Å²) >= 11 is 2.97. The average molecular weight is 318 g/mol. The molecule has 3 aromatic rings. The summed E-state index contributed by atoms with van der Waals surface area (Å²) in [6.45, 7) is -0.241. The molecular weight excluding hydrogens is 308 g/mol. The van der Waals surface area contributed by atoms with Crippen molar-refractivity contribution in [2.75, 3.05) is 0 Å². The lowest BCUT2D eigenvalue weighted by atomic mass is 10.2. The molecule has 1 heterocycles. The van der Waals surface area contributed by atoms with Crippen LogP contribution in [0.4, 0.5) is 5.69 Å². The number of aromatic nitrogens is 1. The summed E-state index contributed by atoms with van der Waals surface area (Å²) in [5.41, 5.74) is 1.44. The molecule has 0 aliphatic rings. The highest BCUT2D eigenvalue weighted by molar-refractivity contribution is 8.01. The number of thiazole rings is 1. The molecule has 2 aromatic carbocycles. The van der Waals surface area contributed by atoms with E-state index >= 15 is 0 Å². The summed E-state index contributed by atoms with van der Waals surface area (Å²) in [5, 5.41) is 20.2. The first-order valence-corrected chi connectivity index (χ1v) is 7.72. The van der Waals surface area contributed by atoms with Gasteiger partial charge in [0.2, 0.25) is 0 Å². The van der Waals surface area contributed by atoms with Crippen LogP contribution in [-0.4, -0.2) is 15.0 Å². The molecule has 3 rings (SSSR count). The topological polar surface area (TPSA) is 76.3 Å². The third-order valence-corrected chi connectivity index (χ3v) is 5.11. The van der Waals surface area contributed by atoms with Crippen molar-refractivity contribution < 1.29 is 10.0 Å². The maximum Gasteiger partial charge on any atom is 0.269 e.